The van der Waals surface area contributed by atoms with E-state index in [1.165, 1.54) is 31.2 Å². The molecule has 2 rings (SSSR count). The Hall–Kier alpha value is -1.69. The Morgan fingerprint density at radius 2 is 1.90 bits per heavy atom. The zero-order chi connectivity index (χ0) is 22.0. The van der Waals surface area contributed by atoms with Crippen LogP contribution in [-0.2, 0) is 14.6 Å². The number of carboxylic acids is 1. The second-order valence-corrected chi connectivity index (χ2v) is 9.25. The van der Waals surface area contributed by atoms with Crippen LogP contribution in [0.15, 0.2) is 36.4 Å². The molecule has 1 heterocycles. The first-order valence-electron chi connectivity index (χ1n) is 11.2. The highest BCUT2D eigenvalue weighted by molar-refractivity contribution is 5.67. The van der Waals surface area contributed by atoms with Crippen LogP contribution in [0.4, 0.5) is 0 Å². The van der Waals surface area contributed by atoms with Crippen LogP contribution in [0.2, 0.25) is 0 Å². The van der Waals surface area contributed by atoms with Gasteiger partial charge in [-0.15, -0.1) is 0 Å². The molecule has 1 fully saturated rings. The zero-order valence-electron chi connectivity index (χ0n) is 18.7. The van der Waals surface area contributed by atoms with Gasteiger partial charge in [-0.1, -0.05) is 82.0 Å². The number of hydrogen-bond donors (Lipinski definition) is 2. The van der Waals surface area contributed by atoms with Crippen molar-refractivity contribution < 1.29 is 24.8 Å². The lowest BCUT2D eigenvalue weighted by molar-refractivity contribution is -0.497. The van der Waals surface area contributed by atoms with E-state index < -0.39 is 23.8 Å². The van der Waals surface area contributed by atoms with Gasteiger partial charge in [0.15, 0.2) is 0 Å². The second kappa shape index (κ2) is 11.6. The van der Waals surface area contributed by atoms with E-state index in [0.717, 1.165) is 19.3 Å². The van der Waals surface area contributed by atoms with Gasteiger partial charge in [0.2, 0.25) is 5.79 Å². The number of benzene rings is 1. The summed E-state index contributed by atoms with van der Waals surface area (Å²) in [7, 11) is 0. The molecule has 0 spiro atoms. The molecule has 4 atom stereocenters. The molecule has 1 aliphatic heterocycles. The topological polar surface area (TPSA) is 76.0 Å². The van der Waals surface area contributed by atoms with Crippen molar-refractivity contribution in [1.29, 1.82) is 0 Å². The largest absolute Gasteiger partial charge is 0.481 e. The Balaban J connectivity index is 1.60. The summed E-state index contributed by atoms with van der Waals surface area (Å²) in [4.78, 5) is 21.6. The third kappa shape index (κ3) is 8.21. The fourth-order valence-electron chi connectivity index (χ4n) is 4.37. The first-order chi connectivity index (χ1) is 14.2. The number of unbranched alkanes of at least 4 members (excludes halogenated alkanes) is 4. The fourth-order valence-corrected chi connectivity index (χ4v) is 4.37. The van der Waals surface area contributed by atoms with E-state index in [9.17, 15) is 9.90 Å². The highest BCUT2D eigenvalue weighted by Gasteiger charge is 2.49. The Bertz CT molecular complexity index is 673. The van der Waals surface area contributed by atoms with Crippen molar-refractivity contribution in [3.63, 3.8) is 0 Å². The third-order valence-electron chi connectivity index (χ3n) is 6.01. The second-order valence-electron chi connectivity index (χ2n) is 9.25. The number of rotatable bonds is 12. The summed E-state index contributed by atoms with van der Waals surface area (Å²) in [5.41, 5.74) is 0.760. The van der Waals surface area contributed by atoms with Gasteiger partial charge < -0.3 is 10.2 Å². The van der Waals surface area contributed by atoms with Gasteiger partial charge in [0.25, 0.3) is 0 Å². The quantitative estimate of drug-likeness (QED) is 0.323. The van der Waals surface area contributed by atoms with E-state index >= 15 is 0 Å². The Labute approximate surface area is 181 Å². The van der Waals surface area contributed by atoms with Crippen LogP contribution in [0.1, 0.15) is 84.1 Å². The van der Waals surface area contributed by atoms with E-state index in [0.29, 0.717) is 12.3 Å². The molecule has 30 heavy (non-hydrogen) atoms. The molecule has 5 heteroatoms. The molecule has 0 amide bonds. The molecule has 1 aliphatic rings. The molecule has 0 radical (unpaired) electrons. The van der Waals surface area contributed by atoms with Gasteiger partial charge in [-0.25, -0.2) is 4.89 Å². The number of allylic oxidation sites excluding steroid dienone is 1. The van der Waals surface area contributed by atoms with Crippen LogP contribution in [0.5, 0.6) is 0 Å². The maximum absolute atomic E-state index is 11.0. The van der Waals surface area contributed by atoms with E-state index in [1.54, 1.807) is 0 Å². The summed E-state index contributed by atoms with van der Waals surface area (Å²) in [6.45, 7) is 6.03. The molecule has 0 bridgehead atoms. The SMILES string of the molecule is CC(CCCCCC/C=C/c1ccccc1)C[C@@]1(C)C[C@@H](C)[C@](O)(CC(=O)O)OO1. The summed E-state index contributed by atoms with van der Waals surface area (Å²) >= 11 is 0. The van der Waals surface area contributed by atoms with Crippen LogP contribution in [-0.4, -0.2) is 27.6 Å². The molecular formula is C25H38O5. The van der Waals surface area contributed by atoms with Crippen molar-refractivity contribution in [2.75, 3.05) is 0 Å². The van der Waals surface area contributed by atoms with E-state index in [1.807, 2.05) is 19.9 Å². The van der Waals surface area contributed by atoms with Gasteiger partial charge in [0, 0.05) is 5.92 Å². The van der Waals surface area contributed by atoms with Crippen molar-refractivity contribution in [1.82, 2.24) is 0 Å². The van der Waals surface area contributed by atoms with Crippen LogP contribution < -0.4 is 0 Å². The first-order valence-corrected chi connectivity index (χ1v) is 11.2. The summed E-state index contributed by atoms with van der Waals surface area (Å²) in [6, 6.07) is 10.4. The zero-order valence-corrected chi connectivity index (χ0v) is 18.7. The molecule has 168 valence electrons. The van der Waals surface area contributed by atoms with Crippen LogP contribution in [0.25, 0.3) is 6.08 Å². The predicted octanol–water partition coefficient (Wildman–Crippen LogP) is 5.98. The molecule has 1 unspecified atom stereocenters. The summed E-state index contributed by atoms with van der Waals surface area (Å²) in [5.74, 6) is -2.66. The van der Waals surface area contributed by atoms with Gasteiger partial charge in [0.1, 0.15) is 12.0 Å². The van der Waals surface area contributed by atoms with Crippen molar-refractivity contribution in [2.24, 2.45) is 11.8 Å². The van der Waals surface area contributed by atoms with Crippen molar-refractivity contribution >= 4 is 12.0 Å². The number of hydrogen-bond acceptors (Lipinski definition) is 4. The molecular weight excluding hydrogens is 380 g/mol. The normalized spacial score (nSPS) is 27.9. The Kier molecular flexibility index (Phi) is 9.53. The van der Waals surface area contributed by atoms with Crippen molar-refractivity contribution in [3.8, 4) is 0 Å². The molecule has 0 saturated carbocycles. The average molecular weight is 419 g/mol. The summed E-state index contributed by atoms with van der Waals surface area (Å²) in [6.07, 6.45) is 12.5. The van der Waals surface area contributed by atoms with Gasteiger partial charge >= 0.3 is 5.97 Å². The lowest BCUT2D eigenvalue weighted by atomic mass is 9.79. The minimum absolute atomic E-state index is 0.302. The summed E-state index contributed by atoms with van der Waals surface area (Å²) < 4.78 is 0. The number of carbonyl (C=O) groups is 1. The molecule has 0 aliphatic carbocycles. The monoisotopic (exact) mass is 418 g/mol. The molecule has 0 aromatic heterocycles. The maximum atomic E-state index is 11.0. The lowest BCUT2D eigenvalue weighted by Gasteiger charge is -2.45. The number of carboxylic acid groups (broad SMARTS) is 1. The average Bonchev–Trinajstić information content (AvgIpc) is 2.68. The minimum atomic E-state index is -1.75. The molecule has 1 saturated heterocycles. The Morgan fingerprint density at radius 1 is 1.20 bits per heavy atom. The van der Waals surface area contributed by atoms with Gasteiger partial charge in [-0.3, -0.25) is 4.79 Å². The standard InChI is InChI=1S/C25H38O5/c1-20(13-9-6-4-5-7-10-14-22-15-11-8-12-16-22)17-24(3)18-21(2)25(28,30-29-24)19-23(26)27/h8,10-12,14-16,20-21,28H,4-7,9,13,17-19H2,1-3H3,(H,26,27)/b14-10+/t20?,21-,24+,25+/m1/s1. The van der Waals surface area contributed by atoms with Crippen molar-refractivity contribution in [3.05, 3.63) is 42.0 Å². The predicted molar refractivity (Wildman–Crippen MR) is 119 cm³/mol. The summed E-state index contributed by atoms with van der Waals surface area (Å²) in [5, 5.41) is 19.3. The fraction of sp³-hybridized carbons (Fsp3) is 0.640. The minimum Gasteiger partial charge on any atom is -0.481 e. The van der Waals surface area contributed by atoms with Crippen molar-refractivity contribution in [2.45, 2.75) is 89.9 Å². The lowest BCUT2D eigenvalue weighted by Crippen LogP contribution is -2.52. The number of aliphatic carboxylic acids is 1. The van der Waals surface area contributed by atoms with E-state index in [2.05, 4.69) is 43.3 Å². The highest BCUT2D eigenvalue weighted by Crippen LogP contribution is 2.41. The van der Waals surface area contributed by atoms with Crippen LogP contribution in [0, 0.1) is 11.8 Å². The van der Waals surface area contributed by atoms with Gasteiger partial charge in [-0.2, -0.15) is 4.89 Å². The van der Waals surface area contributed by atoms with Gasteiger partial charge in [-0.05, 0) is 44.1 Å². The first kappa shape index (κ1) is 24.6. The molecule has 1 aromatic rings. The Morgan fingerprint density at radius 3 is 2.57 bits per heavy atom. The van der Waals surface area contributed by atoms with E-state index in [4.69, 9.17) is 14.9 Å². The van der Waals surface area contributed by atoms with E-state index in [-0.39, 0.29) is 5.92 Å². The highest BCUT2D eigenvalue weighted by atomic mass is 17.2. The molecule has 1 aromatic carbocycles. The van der Waals surface area contributed by atoms with Crippen LogP contribution >= 0.6 is 0 Å². The smallest absolute Gasteiger partial charge is 0.308 e. The molecule has 2 N–H and O–H groups in total. The van der Waals surface area contributed by atoms with Crippen LogP contribution in [0.3, 0.4) is 0 Å². The number of aliphatic hydroxyl groups is 1. The third-order valence-corrected chi connectivity index (χ3v) is 6.01. The molecule has 5 nitrogen and oxygen atoms in total. The maximum Gasteiger partial charge on any atom is 0.308 e. The van der Waals surface area contributed by atoms with Gasteiger partial charge in [0.05, 0.1) is 0 Å².